The molecule has 35 heavy (non-hydrogen) atoms. The van der Waals surface area contributed by atoms with Crippen LogP contribution in [0.4, 0.5) is 4.39 Å². The second kappa shape index (κ2) is 12.2. The fourth-order valence-corrected chi connectivity index (χ4v) is 4.93. The third-order valence-electron chi connectivity index (χ3n) is 7.07. The van der Waals surface area contributed by atoms with Gasteiger partial charge in [-0.15, -0.1) is 0 Å². The first-order valence-corrected chi connectivity index (χ1v) is 12.7. The Bertz CT molecular complexity index is 1160. The molecule has 0 saturated heterocycles. The topological polar surface area (TPSA) is 60.7 Å². The van der Waals surface area contributed by atoms with Gasteiger partial charge in [0.1, 0.15) is 0 Å². The zero-order valence-corrected chi connectivity index (χ0v) is 21.9. The molecule has 2 heterocycles. The lowest BCUT2D eigenvalue weighted by Gasteiger charge is -2.35. The van der Waals surface area contributed by atoms with E-state index in [1.165, 1.54) is 36.8 Å². The van der Waals surface area contributed by atoms with Crippen molar-refractivity contribution in [3.63, 3.8) is 0 Å². The molecule has 188 valence electrons. The van der Waals surface area contributed by atoms with Gasteiger partial charge in [0.05, 0.1) is 18.6 Å². The number of halogens is 1. The Hall–Kier alpha value is -2.89. The molecule has 0 bridgehead atoms. The van der Waals surface area contributed by atoms with E-state index in [4.69, 9.17) is 0 Å². The fourth-order valence-electron chi connectivity index (χ4n) is 4.93. The second-order valence-electron chi connectivity index (χ2n) is 10.5. The molecule has 1 aliphatic rings. The summed E-state index contributed by atoms with van der Waals surface area (Å²) in [6.07, 6.45) is 18.3. The summed E-state index contributed by atoms with van der Waals surface area (Å²) in [4.78, 5) is 20.0. The van der Waals surface area contributed by atoms with Crippen molar-refractivity contribution in [2.75, 3.05) is 0 Å². The van der Waals surface area contributed by atoms with E-state index in [1.807, 2.05) is 0 Å². The van der Waals surface area contributed by atoms with Crippen LogP contribution in [0.1, 0.15) is 91.5 Å². The highest BCUT2D eigenvalue weighted by molar-refractivity contribution is 5.23. The summed E-state index contributed by atoms with van der Waals surface area (Å²) in [5.74, 6) is -0.487. The lowest BCUT2D eigenvalue weighted by Crippen LogP contribution is -2.22. The van der Waals surface area contributed by atoms with Gasteiger partial charge in [0, 0.05) is 6.07 Å². The van der Waals surface area contributed by atoms with Gasteiger partial charge in [-0.25, -0.2) is 14.4 Å². The number of allylic oxidation sites excluding steroid dienone is 6. The van der Waals surface area contributed by atoms with Crippen LogP contribution in [0.3, 0.4) is 0 Å². The molecule has 6 heteroatoms. The Morgan fingerprint density at radius 1 is 1.06 bits per heavy atom. The van der Waals surface area contributed by atoms with Crippen LogP contribution in [0.25, 0.3) is 5.95 Å². The van der Waals surface area contributed by atoms with Gasteiger partial charge >= 0.3 is 0 Å². The standard InChI is InChI=1S/C29H39FN4O/c1-21(9-6-10-22(2)14-15-26-23(3)12-8-16-29(26,4)5)11-7-13-24-17-27(35)34(33-18-24)28-31-19-25(30)20-32-28/h10-11,17-20H,6-9,12-16H2,1-5H3/b21-11+,22-10+. The molecule has 0 fully saturated rings. The number of rotatable bonds is 10. The zero-order chi connectivity index (χ0) is 25.4. The van der Waals surface area contributed by atoms with Gasteiger partial charge in [0.25, 0.3) is 11.5 Å². The van der Waals surface area contributed by atoms with Gasteiger partial charge in [0.15, 0.2) is 5.82 Å². The molecule has 2 aromatic rings. The van der Waals surface area contributed by atoms with Gasteiger partial charge in [-0.1, -0.05) is 48.3 Å². The fraction of sp³-hybridized carbons (Fsp3) is 0.517. The minimum absolute atomic E-state index is 0.0661. The van der Waals surface area contributed by atoms with Crippen LogP contribution in [0.2, 0.25) is 0 Å². The molecule has 0 spiro atoms. The maximum Gasteiger partial charge on any atom is 0.274 e. The van der Waals surface area contributed by atoms with E-state index in [2.05, 4.69) is 61.8 Å². The van der Waals surface area contributed by atoms with Crippen LogP contribution in [0, 0.1) is 11.2 Å². The third kappa shape index (κ3) is 7.81. The summed E-state index contributed by atoms with van der Waals surface area (Å²) in [5.41, 5.74) is 7.04. The summed E-state index contributed by atoms with van der Waals surface area (Å²) in [6, 6.07) is 1.54. The molecule has 0 aromatic carbocycles. The summed E-state index contributed by atoms with van der Waals surface area (Å²) in [7, 11) is 0. The van der Waals surface area contributed by atoms with E-state index < -0.39 is 5.82 Å². The predicted octanol–water partition coefficient (Wildman–Crippen LogP) is 7.07. The Balaban J connectivity index is 1.44. The first-order chi connectivity index (χ1) is 16.7. The summed E-state index contributed by atoms with van der Waals surface area (Å²) >= 11 is 0. The predicted molar refractivity (Wildman–Crippen MR) is 140 cm³/mol. The molecule has 0 atom stereocenters. The first kappa shape index (κ1) is 26.7. The largest absolute Gasteiger partial charge is 0.274 e. The molecule has 0 unspecified atom stereocenters. The molecule has 0 amide bonds. The highest BCUT2D eigenvalue weighted by Crippen LogP contribution is 2.42. The van der Waals surface area contributed by atoms with Crippen LogP contribution in [-0.4, -0.2) is 19.7 Å². The lowest BCUT2D eigenvalue weighted by atomic mass is 9.71. The normalized spacial score (nSPS) is 16.6. The minimum Gasteiger partial charge on any atom is -0.267 e. The first-order valence-electron chi connectivity index (χ1n) is 12.7. The number of nitrogens with zero attached hydrogens (tertiary/aromatic N) is 4. The van der Waals surface area contributed by atoms with Crippen LogP contribution >= 0.6 is 0 Å². The summed E-state index contributed by atoms with van der Waals surface area (Å²) in [6.45, 7) is 11.6. The van der Waals surface area contributed by atoms with E-state index in [-0.39, 0.29) is 11.5 Å². The maximum absolute atomic E-state index is 13.0. The van der Waals surface area contributed by atoms with Crippen LogP contribution in [0.15, 0.2) is 63.9 Å². The number of aromatic nitrogens is 4. The van der Waals surface area contributed by atoms with Crippen molar-refractivity contribution in [2.24, 2.45) is 5.41 Å². The zero-order valence-electron chi connectivity index (χ0n) is 21.9. The van der Waals surface area contributed by atoms with Gasteiger partial charge < -0.3 is 0 Å². The van der Waals surface area contributed by atoms with Crippen LogP contribution < -0.4 is 5.56 Å². The molecule has 5 nitrogen and oxygen atoms in total. The molecule has 0 N–H and O–H groups in total. The van der Waals surface area contributed by atoms with Crippen LogP contribution in [-0.2, 0) is 6.42 Å². The number of hydrogen-bond acceptors (Lipinski definition) is 4. The van der Waals surface area contributed by atoms with Gasteiger partial charge in [0.2, 0.25) is 0 Å². The van der Waals surface area contributed by atoms with E-state index in [0.717, 1.165) is 54.7 Å². The Kier molecular flexibility index (Phi) is 9.30. The van der Waals surface area contributed by atoms with Crippen molar-refractivity contribution in [1.29, 1.82) is 0 Å². The quantitative estimate of drug-likeness (QED) is 0.343. The van der Waals surface area contributed by atoms with Gasteiger partial charge in [-0.05, 0) is 89.5 Å². The Morgan fingerprint density at radius 2 is 1.74 bits per heavy atom. The molecular weight excluding hydrogens is 439 g/mol. The smallest absolute Gasteiger partial charge is 0.267 e. The SMILES string of the molecule is CC1=C(CC/C(C)=C/CC/C(C)=C/CCc2cnn(-c3ncc(F)cn3)c(=O)c2)C(C)(C)CCC1. The Labute approximate surface area is 208 Å². The maximum atomic E-state index is 13.0. The van der Waals surface area contributed by atoms with E-state index in [1.54, 1.807) is 23.4 Å². The lowest BCUT2D eigenvalue weighted by molar-refractivity contribution is 0.354. The van der Waals surface area contributed by atoms with Crippen molar-refractivity contribution in [1.82, 2.24) is 19.7 Å². The van der Waals surface area contributed by atoms with Crippen molar-refractivity contribution in [3.8, 4) is 5.95 Å². The van der Waals surface area contributed by atoms with Crippen molar-refractivity contribution in [2.45, 2.75) is 92.4 Å². The van der Waals surface area contributed by atoms with Crippen molar-refractivity contribution < 1.29 is 4.39 Å². The van der Waals surface area contributed by atoms with E-state index in [9.17, 15) is 9.18 Å². The molecule has 3 rings (SSSR count). The van der Waals surface area contributed by atoms with Crippen molar-refractivity contribution in [3.05, 3.63) is 80.8 Å². The average molecular weight is 479 g/mol. The molecule has 1 aliphatic carbocycles. The third-order valence-corrected chi connectivity index (χ3v) is 7.07. The molecule has 2 aromatic heterocycles. The van der Waals surface area contributed by atoms with Crippen LogP contribution in [0.5, 0.6) is 0 Å². The second-order valence-corrected chi connectivity index (χ2v) is 10.5. The van der Waals surface area contributed by atoms with Gasteiger partial charge in [-0.3, -0.25) is 4.79 Å². The number of aryl methyl sites for hydroxylation is 1. The molecule has 0 saturated carbocycles. The highest BCUT2D eigenvalue weighted by Gasteiger charge is 2.27. The number of hydrogen-bond donors (Lipinski definition) is 0. The van der Waals surface area contributed by atoms with E-state index >= 15 is 0 Å². The summed E-state index contributed by atoms with van der Waals surface area (Å²) in [5, 5.41) is 4.13. The summed E-state index contributed by atoms with van der Waals surface area (Å²) < 4.78 is 14.1. The molecule has 0 aliphatic heterocycles. The average Bonchev–Trinajstić information content (AvgIpc) is 2.79. The van der Waals surface area contributed by atoms with E-state index in [0.29, 0.717) is 5.41 Å². The van der Waals surface area contributed by atoms with Gasteiger partial charge in [-0.2, -0.15) is 9.78 Å². The molecular formula is C29H39FN4O. The van der Waals surface area contributed by atoms with Crippen molar-refractivity contribution >= 4 is 0 Å². The monoisotopic (exact) mass is 478 g/mol. The molecule has 0 radical (unpaired) electrons. The highest BCUT2D eigenvalue weighted by atomic mass is 19.1. The minimum atomic E-state index is -0.553. The Morgan fingerprint density at radius 3 is 2.43 bits per heavy atom.